The normalized spacial score (nSPS) is 22.1. The minimum absolute atomic E-state index is 0.460. The number of esters is 2. The van der Waals surface area contributed by atoms with Gasteiger partial charge in [-0.05, 0) is 122 Å². The van der Waals surface area contributed by atoms with Crippen LogP contribution >= 0.6 is 0 Å². The van der Waals surface area contributed by atoms with E-state index in [-0.39, 0.29) is 0 Å². The van der Waals surface area contributed by atoms with Gasteiger partial charge in [-0.25, -0.2) is 9.59 Å². The molecule has 0 heterocycles. The van der Waals surface area contributed by atoms with Crippen molar-refractivity contribution in [2.75, 3.05) is 0 Å². The number of allylic oxidation sites excluding steroid dienone is 2. The minimum atomic E-state index is -0.863. The largest absolute Gasteiger partial charge is 0.450 e. The summed E-state index contributed by atoms with van der Waals surface area (Å²) in [5.74, 6) is 1.27. The van der Waals surface area contributed by atoms with E-state index in [9.17, 15) is 9.59 Å². The van der Waals surface area contributed by atoms with Crippen LogP contribution in [0.15, 0.2) is 135 Å². The Kier molecular flexibility index (Phi) is 11.0. The van der Waals surface area contributed by atoms with Crippen LogP contribution in [0.1, 0.15) is 118 Å². The fourth-order valence-corrected chi connectivity index (χ4v) is 7.42. The molecule has 4 nitrogen and oxygen atoms in total. The van der Waals surface area contributed by atoms with Crippen LogP contribution in [0.2, 0.25) is 0 Å². The fraction of sp³-hybridized carbons (Fsp3) is 0.318. The van der Waals surface area contributed by atoms with Crippen LogP contribution in [0.4, 0.5) is 0 Å². The molecule has 2 aliphatic carbocycles. The Morgan fingerprint density at radius 2 is 0.833 bits per heavy atom. The summed E-state index contributed by atoms with van der Waals surface area (Å²) in [6, 6.07) is 34.7. The molecule has 0 spiro atoms. The van der Waals surface area contributed by atoms with Crippen molar-refractivity contribution in [3.63, 3.8) is 0 Å². The molecule has 0 bridgehead atoms. The molecule has 4 heteroatoms. The molecule has 48 heavy (non-hydrogen) atoms. The molecular weight excluding hydrogens is 592 g/mol. The maximum absolute atomic E-state index is 13.7. The number of hydrogen-bond donors (Lipinski definition) is 0. The van der Waals surface area contributed by atoms with Crippen molar-refractivity contribution >= 4 is 11.9 Å². The van der Waals surface area contributed by atoms with E-state index >= 15 is 0 Å². The predicted molar refractivity (Wildman–Crippen MR) is 192 cm³/mol. The average Bonchev–Trinajstić information content (AvgIpc) is 3.17. The van der Waals surface area contributed by atoms with Crippen molar-refractivity contribution in [1.82, 2.24) is 0 Å². The molecule has 0 unspecified atom stereocenters. The first-order valence-electron chi connectivity index (χ1n) is 17.5. The zero-order valence-corrected chi connectivity index (χ0v) is 27.7. The van der Waals surface area contributed by atoms with Gasteiger partial charge in [-0.3, -0.25) is 0 Å². The lowest BCUT2D eigenvalue weighted by molar-refractivity contribution is -0.0388. The second-order valence-electron chi connectivity index (χ2n) is 13.4. The lowest BCUT2D eigenvalue weighted by atomic mass is 9.79. The molecule has 2 saturated carbocycles. The molecule has 0 radical (unpaired) electrons. The first-order chi connectivity index (χ1) is 23.5. The highest BCUT2D eigenvalue weighted by atomic mass is 16.6. The molecule has 0 amide bonds. The van der Waals surface area contributed by atoms with Gasteiger partial charge in [0.1, 0.15) is 0 Å². The van der Waals surface area contributed by atoms with E-state index in [0.29, 0.717) is 34.8 Å². The van der Waals surface area contributed by atoms with Gasteiger partial charge in [0.05, 0.1) is 11.1 Å². The Labute approximate surface area is 285 Å². The topological polar surface area (TPSA) is 52.6 Å². The smallest absolute Gasteiger partial charge is 0.338 e. The van der Waals surface area contributed by atoms with E-state index in [4.69, 9.17) is 9.47 Å². The first-order valence-corrected chi connectivity index (χ1v) is 17.5. The van der Waals surface area contributed by atoms with Crippen LogP contribution in [0.5, 0.6) is 0 Å². The molecule has 4 aromatic rings. The van der Waals surface area contributed by atoms with Crippen LogP contribution in [-0.2, 0) is 9.47 Å². The van der Waals surface area contributed by atoms with Crippen molar-refractivity contribution in [2.24, 2.45) is 11.8 Å². The number of hydrogen-bond acceptors (Lipinski definition) is 4. The van der Waals surface area contributed by atoms with E-state index in [2.05, 4.69) is 49.6 Å². The third-order valence-electron chi connectivity index (χ3n) is 10.4. The van der Waals surface area contributed by atoms with Crippen molar-refractivity contribution < 1.29 is 19.1 Å². The molecule has 2 aliphatic rings. The lowest BCUT2D eigenvalue weighted by Crippen LogP contribution is -2.23. The van der Waals surface area contributed by atoms with Crippen molar-refractivity contribution in [1.29, 1.82) is 0 Å². The Balaban J connectivity index is 1.21. The summed E-state index contributed by atoms with van der Waals surface area (Å²) in [6.45, 7) is 7.93. The predicted octanol–water partition coefficient (Wildman–Crippen LogP) is 11.1. The Morgan fingerprint density at radius 1 is 0.500 bits per heavy atom. The second kappa shape index (κ2) is 15.9. The molecule has 246 valence electrons. The molecule has 0 aromatic heterocycles. The highest BCUT2D eigenvalue weighted by Gasteiger charge is 2.33. The van der Waals surface area contributed by atoms with Gasteiger partial charge in [0.2, 0.25) is 0 Å². The SMILES string of the molecule is C=CC1CCC(c2ccc(C(=O)O[C@H](c3ccccc3)[C@H](OC(=O)c3ccc(C4CCC(C=C)CC4)cc3)c3ccccc3)cc2)CC1. The number of carbonyl (C=O) groups excluding carboxylic acids is 2. The summed E-state index contributed by atoms with van der Waals surface area (Å²) in [4.78, 5) is 27.5. The number of carbonyl (C=O) groups is 2. The van der Waals surface area contributed by atoms with E-state index in [0.717, 1.165) is 62.5 Å². The van der Waals surface area contributed by atoms with E-state index < -0.39 is 24.1 Å². The molecule has 2 fully saturated rings. The first kappa shape index (κ1) is 33.2. The summed E-state index contributed by atoms with van der Waals surface area (Å²) in [7, 11) is 0. The van der Waals surface area contributed by atoms with E-state index in [1.165, 1.54) is 11.1 Å². The van der Waals surface area contributed by atoms with Crippen molar-refractivity contribution in [2.45, 2.75) is 75.4 Å². The van der Waals surface area contributed by atoms with Crippen LogP contribution in [0, 0.1) is 11.8 Å². The lowest BCUT2D eigenvalue weighted by Gasteiger charge is -2.28. The number of rotatable bonds is 11. The van der Waals surface area contributed by atoms with Crippen LogP contribution in [-0.4, -0.2) is 11.9 Å². The van der Waals surface area contributed by atoms with Gasteiger partial charge in [0.15, 0.2) is 12.2 Å². The van der Waals surface area contributed by atoms with E-state index in [1.54, 1.807) is 0 Å². The third kappa shape index (κ3) is 8.05. The molecule has 0 aliphatic heterocycles. The van der Waals surface area contributed by atoms with Crippen molar-refractivity contribution in [3.05, 3.63) is 168 Å². The van der Waals surface area contributed by atoms with Crippen molar-refractivity contribution in [3.8, 4) is 0 Å². The van der Waals surface area contributed by atoms with Crippen LogP contribution < -0.4 is 0 Å². The monoisotopic (exact) mass is 638 g/mol. The van der Waals surface area contributed by atoms with Gasteiger partial charge in [-0.15, -0.1) is 13.2 Å². The van der Waals surface area contributed by atoms with E-state index in [1.807, 2.05) is 84.9 Å². The minimum Gasteiger partial charge on any atom is -0.450 e. The Bertz CT molecular complexity index is 1520. The summed E-state index contributed by atoms with van der Waals surface area (Å²) < 4.78 is 12.5. The summed E-state index contributed by atoms with van der Waals surface area (Å²) in [6.07, 6.45) is 11.5. The summed E-state index contributed by atoms with van der Waals surface area (Å²) >= 11 is 0. The van der Waals surface area contributed by atoms with Gasteiger partial charge in [0.25, 0.3) is 0 Å². The number of benzene rings is 4. The molecule has 0 saturated heterocycles. The van der Waals surface area contributed by atoms with Gasteiger partial charge >= 0.3 is 11.9 Å². The Morgan fingerprint density at radius 3 is 1.15 bits per heavy atom. The maximum atomic E-state index is 13.7. The number of ether oxygens (including phenoxy) is 2. The quantitative estimate of drug-likeness (QED) is 0.121. The summed E-state index contributed by atoms with van der Waals surface area (Å²) in [5, 5.41) is 0. The summed E-state index contributed by atoms with van der Waals surface area (Å²) in [5.41, 5.74) is 4.92. The molecular formula is C44H46O4. The molecule has 6 rings (SSSR count). The van der Waals surface area contributed by atoms with Crippen LogP contribution in [0.3, 0.4) is 0 Å². The van der Waals surface area contributed by atoms with Gasteiger partial charge in [0, 0.05) is 0 Å². The molecule has 0 N–H and O–H groups in total. The zero-order valence-electron chi connectivity index (χ0n) is 27.7. The average molecular weight is 639 g/mol. The maximum Gasteiger partial charge on any atom is 0.338 e. The second-order valence-corrected chi connectivity index (χ2v) is 13.4. The zero-order chi connectivity index (χ0) is 33.3. The van der Waals surface area contributed by atoms with Gasteiger partial charge in [-0.2, -0.15) is 0 Å². The molecule has 4 aromatic carbocycles. The highest BCUT2D eigenvalue weighted by Crippen LogP contribution is 2.39. The highest BCUT2D eigenvalue weighted by molar-refractivity contribution is 5.90. The fourth-order valence-electron chi connectivity index (χ4n) is 7.42. The molecule has 2 atom stereocenters. The van der Waals surface area contributed by atoms with Gasteiger partial charge in [-0.1, -0.05) is 97.1 Å². The third-order valence-corrected chi connectivity index (χ3v) is 10.4. The Hall–Kier alpha value is -4.70. The van der Waals surface area contributed by atoms with Crippen LogP contribution in [0.25, 0.3) is 0 Å². The standard InChI is InChI=1S/C44H46O4/c1-3-31-15-19-33(20-16-31)35-23-27-39(28-24-35)43(45)47-41(37-11-7-5-8-12-37)42(38-13-9-6-10-14-38)48-44(46)40-29-25-36(26-30-40)34-21-17-32(4-2)18-22-34/h3-14,23-34,41-42H,1-2,15-22H2/t31?,32?,33?,34?,41-,42-/m1/s1. The van der Waals surface area contributed by atoms with Gasteiger partial charge < -0.3 is 9.47 Å².